The molecule has 2 N–H and O–H groups in total. The highest BCUT2D eigenvalue weighted by molar-refractivity contribution is 5.95. The summed E-state index contributed by atoms with van der Waals surface area (Å²) in [5.74, 6) is -0.535. The number of nitrogens with one attached hydrogen (secondary N) is 1. The lowest BCUT2D eigenvalue weighted by Gasteiger charge is -2.36. The Kier molecular flexibility index (Phi) is 7.30. The van der Waals surface area contributed by atoms with E-state index in [1.54, 1.807) is 23.9 Å². The van der Waals surface area contributed by atoms with Gasteiger partial charge in [0.2, 0.25) is 0 Å². The number of aldehydes is 1. The maximum atomic E-state index is 12.7. The van der Waals surface area contributed by atoms with Crippen LogP contribution in [0.4, 0.5) is 0 Å². The average molecular weight is 389 g/mol. The van der Waals surface area contributed by atoms with Crippen molar-refractivity contribution in [3.8, 4) is 5.75 Å². The van der Waals surface area contributed by atoms with Gasteiger partial charge in [0.05, 0.1) is 11.4 Å². The second-order valence-electron chi connectivity index (χ2n) is 6.40. The van der Waals surface area contributed by atoms with E-state index in [1.165, 1.54) is 6.33 Å². The summed E-state index contributed by atoms with van der Waals surface area (Å²) in [6.07, 6.45) is 2.76. The summed E-state index contributed by atoms with van der Waals surface area (Å²) in [5, 5.41) is 18.7. The monoisotopic (exact) mass is 389 g/mol. The number of carbonyl (C=O) groups excluding carboxylic acids is 2. The molecular weight excluding hydrogens is 362 g/mol. The van der Waals surface area contributed by atoms with Crippen molar-refractivity contribution in [1.29, 1.82) is 0 Å². The van der Waals surface area contributed by atoms with Crippen LogP contribution >= 0.6 is 0 Å². The molecule has 152 valence electrons. The minimum atomic E-state index is -0.341. The molecule has 1 aliphatic rings. The zero-order valence-electron chi connectivity index (χ0n) is 16.6. The SMILES string of the molecule is C=NN(C)CN/C(CC)=C(\C=O)N1CCN(C(=O)c2ncnc(C)c2O)CC1. The Balaban J connectivity index is 2.07. The minimum Gasteiger partial charge on any atom is -0.504 e. The quantitative estimate of drug-likeness (QED) is 0.213. The first-order valence-corrected chi connectivity index (χ1v) is 9.07. The van der Waals surface area contributed by atoms with Crippen molar-refractivity contribution >= 4 is 18.9 Å². The molecule has 2 heterocycles. The molecule has 1 amide bonds. The third-order valence-electron chi connectivity index (χ3n) is 4.65. The highest BCUT2D eigenvalue weighted by Crippen LogP contribution is 2.20. The molecule has 0 atom stereocenters. The second-order valence-corrected chi connectivity index (χ2v) is 6.40. The fourth-order valence-corrected chi connectivity index (χ4v) is 2.92. The number of allylic oxidation sites excluding steroid dienone is 2. The zero-order valence-corrected chi connectivity index (χ0v) is 16.6. The predicted octanol–water partition coefficient (Wildman–Crippen LogP) is 0.163. The predicted molar refractivity (Wildman–Crippen MR) is 105 cm³/mol. The van der Waals surface area contributed by atoms with E-state index in [1.807, 2.05) is 11.8 Å². The maximum Gasteiger partial charge on any atom is 0.276 e. The summed E-state index contributed by atoms with van der Waals surface area (Å²) in [5.41, 5.74) is 1.76. The van der Waals surface area contributed by atoms with Gasteiger partial charge in [0.1, 0.15) is 13.0 Å². The van der Waals surface area contributed by atoms with Gasteiger partial charge in [-0.3, -0.25) is 14.6 Å². The molecule has 1 aromatic heterocycles. The molecule has 0 aromatic carbocycles. The van der Waals surface area contributed by atoms with Gasteiger partial charge < -0.3 is 20.2 Å². The van der Waals surface area contributed by atoms with Crippen molar-refractivity contribution in [2.45, 2.75) is 20.3 Å². The lowest BCUT2D eigenvalue weighted by atomic mass is 10.2. The molecule has 0 unspecified atom stereocenters. The lowest BCUT2D eigenvalue weighted by molar-refractivity contribution is -0.106. The van der Waals surface area contributed by atoms with Crippen LogP contribution in [-0.2, 0) is 4.79 Å². The first-order chi connectivity index (χ1) is 13.4. The second kappa shape index (κ2) is 9.67. The standard InChI is InChI=1S/C18H27N7O3/c1-5-14(22-12-23(4)19-3)15(10-26)24-6-8-25(9-7-24)18(28)16-17(27)13(2)20-11-21-16/h10-11,22,27H,3,5-9,12H2,1-2,4H3/b15-14+. The number of aromatic hydroxyl groups is 1. The number of carbonyl (C=O) groups is 2. The molecular formula is C18H27N7O3. The Morgan fingerprint density at radius 3 is 2.57 bits per heavy atom. The van der Waals surface area contributed by atoms with Gasteiger partial charge in [-0.2, -0.15) is 5.10 Å². The van der Waals surface area contributed by atoms with E-state index in [9.17, 15) is 14.7 Å². The van der Waals surface area contributed by atoms with Crippen LogP contribution in [-0.4, -0.2) is 88.7 Å². The van der Waals surface area contributed by atoms with Crippen LogP contribution in [0.5, 0.6) is 5.75 Å². The number of aromatic nitrogens is 2. The average Bonchev–Trinajstić information content (AvgIpc) is 2.72. The molecule has 1 fully saturated rings. The molecule has 10 heteroatoms. The van der Waals surface area contributed by atoms with Crippen LogP contribution < -0.4 is 5.32 Å². The Labute approximate surface area is 164 Å². The number of nitrogens with zero attached hydrogens (tertiary/aromatic N) is 6. The fraction of sp³-hybridized carbons (Fsp3) is 0.500. The van der Waals surface area contributed by atoms with Crippen molar-refractivity contribution in [2.24, 2.45) is 5.10 Å². The molecule has 0 bridgehead atoms. The Morgan fingerprint density at radius 1 is 1.36 bits per heavy atom. The highest BCUT2D eigenvalue weighted by Gasteiger charge is 2.27. The van der Waals surface area contributed by atoms with E-state index < -0.39 is 0 Å². The Hall–Kier alpha value is -3.17. The number of rotatable bonds is 8. The smallest absolute Gasteiger partial charge is 0.276 e. The largest absolute Gasteiger partial charge is 0.504 e. The molecule has 1 saturated heterocycles. The number of aryl methyl sites for hydroxylation is 1. The number of piperazine rings is 1. The topological polar surface area (TPSA) is 114 Å². The molecule has 2 rings (SSSR count). The van der Waals surface area contributed by atoms with Crippen molar-refractivity contribution in [1.82, 2.24) is 30.1 Å². The molecule has 10 nitrogen and oxygen atoms in total. The van der Waals surface area contributed by atoms with Crippen molar-refractivity contribution in [2.75, 3.05) is 39.9 Å². The van der Waals surface area contributed by atoms with E-state index in [0.29, 0.717) is 50.7 Å². The third-order valence-corrected chi connectivity index (χ3v) is 4.65. The van der Waals surface area contributed by atoms with Gasteiger partial charge in [-0.1, -0.05) is 6.92 Å². The summed E-state index contributed by atoms with van der Waals surface area (Å²) in [6, 6.07) is 0. The minimum absolute atomic E-state index is 0.00276. The molecule has 0 spiro atoms. The third kappa shape index (κ3) is 4.76. The van der Waals surface area contributed by atoms with Crippen LogP contribution in [0.2, 0.25) is 0 Å². The molecule has 0 aliphatic carbocycles. The van der Waals surface area contributed by atoms with Crippen LogP contribution in [0.25, 0.3) is 0 Å². The summed E-state index contributed by atoms with van der Waals surface area (Å²) >= 11 is 0. The van der Waals surface area contributed by atoms with Crippen LogP contribution in [0.15, 0.2) is 22.8 Å². The fourth-order valence-electron chi connectivity index (χ4n) is 2.92. The van der Waals surface area contributed by atoms with Crippen molar-refractivity contribution < 1.29 is 14.7 Å². The van der Waals surface area contributed by atoms with Crippen LogP contribution in [0.3, 0.4) is 0 Å². The van der Waals surface area contributed by atoms with E-state index in [0.717, 1.165) is 12.0 Å². The van der Waals surface area contributed by atoms with Gasteiger partial charge in [0.15, 0.2) is 17.7 Å². The maximum absolute atomic E-state index is 12.7. The van der Waals surface area contributed by atoms with E-state index in [4.69, 9.17) is 0 Å². The van der Waals surface area contributed by atoms with Gasteiger partial charge in [-0.25, -0.2) is 9.97 Å². The van der Waals surface area contributed by atoms with Gasteiger partial charge in [-0.15, -0.1) is 0 Å². The highest BCUT2D eigenvalue weighted by atomic mass is 16.3. The van der Waals surface area contributed by atoms with Crippen LogP contribution in [0.1, 0.15) is 29.5 Å². The van der Waals surface area contributed by atoms with E-state index >= 15 is 0 Å². The Bertz CT molecular complexity index is 758. The number of amides is 1. The zero-order chi connectivity index (χ0) is 20.7. The molecule has 0 saturated carbocycles. The van der Waals surface area contributed by atoms with Crippen LogP contribution in [0, 0.1) is 6.92 Å². The summed E-state index contributed by atoms with van der Waals surface area (Å²) in [7, 11) is 1.78. The first-order valence-electron chi connectivity index (χ1n) is 9.07. The van der Waals surface area contributed by atoms with Crippen molar-refractivity contribution in [3.63, 3.8) is 0 Å². The lowest BCUT2D eigenvalue weighted by Crippen LogP contribution is -2.49. The van der Waals surface area contributed by atoms with Gasteiger partial charge >= 0.3 is 0 Å². The number of hydrogen-bond acceptors (Lipinski definition) is 9. The Morgan fingerprint density at radius 2 is 2.00 bits per heavy atom. The number of hydrogen-bond donors (Lipinski definition) is 2. The summed E-state index contributed by atoms with van der Waals surface area (Å²) in [4.78, 5) is 35.7. The summed E-state index contributed by atoms with van der Waals surface area (Å²) in [6.45, 7) is 9.33. The van der Waals surface area contributed by atoms with Gasteiger partial charge in [0.25, 0.3) is 5.91 Å². The number of hydrazone groups is 1. The normalized spacial score (nSPS) is 15.0. The van der Waals surface area contributed by atoms with Gasteiger partial charge in [-0.05, 0) is 13.3 Å². The first kappa shape index (κ1) is 21.1. The molecule has 28 heavy (non-hydrogen) atoms. The summed E-state index contributed by atoms with van der Waals surface area (Å²) < 4.78 is 0. The molecule has 1 aliphatic heterocycles. The van der Waals surface area contributed by atoms with E-state index in [-0.39, 0.29) is 17.4 Å². The van der Waals surface area contributed by atoms with E-state index in [2.05, 4.69) is 27.1 Å². The molecule has 0 radical (unpaired) electrons. The van der Waals surface area contributed by atoms with Crippen molar-refractivity contribution in [3.05, 3.63) is 29.1 Å². The van der Waals surface area contributed by atoms with Gasteiger partial charge in [0, 0.05) is 45.6 Å². The molecule has 1 aromatic rings.